The third-order valence-corrected chi connectivity index (χ3v) is 9.46. The van der Waals surface area contributed by atoms with Crippen molar-refractivity contribution in [1.29, 1.82) is 0 Å². The Balaban J connectivity index is 1.35. The number of nitrogen functional groups attached to an aromatic ring is 2. The zero-order chi connectivity index (χ0) is 27.5. The zero-order valence-corrected chi connectivity index (χ0v) is 22.3. The maximum atomic E-state index is 11.2. The number of rotatable bonds is 6. The van der Waals surface area contributed by atoms with E-state index in [-0.39, 0.29) is 22.3 Å². The van der Waals surface area contributed by atoms with Gasteiger partial charge in [-0.25, -0.2) is 0 Å². The van der Waals surface area contributed by atoms with Crippen molar-refractivity contribution in [2.45, 2.75) is 49.4 Å². The molecule has 0 heterocycles. The van der Waals surface area contributed by atoms with Crippen molar-refractivity contribution in [2.75, 3.05) is 11.5 Å². The maximum Gasteiger partial charge on any atom is 0.182 e. The van der Waals surface area contributed by atoms with Crippen molar-refractivity contribution in [3.8, 4) is 34.5 Å². The molecule has 204 valence electrons. The highest BCUT2D eigenvalue weighted by molar-refractivity contribution is 5.67. The number of aromatic hydroxyl groups is 2. The molecule has 0 radical (unpaired) electrons. The lowest BCUT2D eigenvalue weighted by Crippen LogP contribution is -2.56. The third-order valence-electron chi connectivity index (χ3n) is 9.46. The SMILES string of the molecule is Nc1ccc(C23CC4CC(C2)CC(c2ccc(N)c(O)c2Oc2ccccc2)(C4)C3)c(Oc2ccccc2)c1O. The number of hydrogen-bond acceptors (Lipinski definition) is 6. The highest BCUT2D eigenvalue weighted by Crippen LogP contribution is 2.69. The molecule has 4 bridgehead atoms. The molecule has 6 N–H and O–H groups in total. The van der Waals surface area contributed by atoms with E-state index in [1.54, 1.807) is 12.1 Å². The molecule has 6 heteroatoms. The summed E-state index contributed by atoms with van der Waals surface area (Å²) in [6.45, 7) is 0. The number of hydrogen-bond donors (Lipinski definition) is 4. The van der Waals surface area contributed by atoms with E-state index in [0.717, 1.165) is 43.2 Å². The number of nitrogens with two attached hydrogens (primary N) is 2. The molecule has 4 aromatic carbocycles. The van der Waals surface area contributed by atoms with Gasteiger partial charge in [0.05, 0.1) is 11.4 Å². The van der Waals surface area contributed by atoms with Gasteiger partial charge in [0.1, 0.15) is 11.5 Å². The van der Waals surface area contributed by atoms with Crippen LogP contribution in [0.2, 0.25) is 0 Å². The van der Waals surface area contributed by atoms with Gasteiger partial charge < -0.3 is 31.2 Å². The lowest BCUT2D eigenvalue weighted by molar-refractivity contribution is -0.0296. The minimum atomic E-state index is -0.208. The molecule has 8 rings (SSSR count). The molecule has 4 fully saturated rings. The molecule has 4 aromatic rings. The average Bonchev–Trinajstić information content (AvgIpc) is 2.94. The Morgan fingerprint density at radius 2 is 0.975 bits per heavy atom. The Morgan fingerprint density at radius 1 is 0.575 bits per heavy atom. The Labute approximate surface area is 234 Å². The molecule has 0 atom stereocenters. The first kappa shape index (κ1) is 24.7. The summed E-state index contributed by atoms with van der Waals surface area (Å²) in [6, 6.07) is 26.8. The number of ether oxygens (including phenoxy) is 2. The van der Waals surface area contributed by atoms with Gasteiger partial charge in [-0.2, -0.15) is 0 Å². The number of phenols is 2. The van der Waals surface area contributed by atoms with Gasteiger partial charge in [-0.1, -0.05) is 48.5 Å². The molecule has 0 amide bonds. The summed E-state index contributed by atoms with van der Waals surface area (Å²) in [5.41, 5.74) is 14.6. The number of anilines is 2. The predicted octanol–water partition coefficient (Wildman–Crippen LogP) is 7.64. The van der Waals surface area contributed by atoms with Crippen molar-refractivity contribution >= 4 is 11.4 Å². The zero-order valence-electron chi connectivity index (χ0n) is 22.3. The minimum absolute atomic E-state index is 0.00984. The number of benzene rings is 4. The van der Waals surface area contributed by atoms with Gasteiger partial charge >= 0.3 is 0 Å². The lowest BCUT2D eigenvalue weighted by Gasteiger charge is -2.62. The third kappa shape index (κ3) is 3.93. The quantitative estimate of drug-likeness (QED) is 0.149. The number of phenolic OH excluding ortho intramolecular Hbond substituents is 2. The van der Waals surface area contributed by atoms with Gasteiger partial charge in [-0.05, 0) is 86.8 Å². The lowest BCUT2D eigenvalue weighted by atomic mass is 9.41. The van der Waals surface area contributed by atoms with E-state index in [1.807, 2.05) is 60.7 Å². The second-order valence-corrected chi connectivity index (χ2v) is 12.1. The Bertz CT molecular complexity index is 1440. The van der Waals surface area contributed by atoms with E-state index in [4.69, 9.17) is 20.9 Å². The van der Waals surface area contributed by atoms with Crippen molar-refractivity contribution in [1.82, 2.24) is 0 Å². The smallest absolute Gasteiger partial charge is 0.182 e. The molecular formula is C34H34N2O4. The van der Waals surface area contributed by atoms with Crippen LogP contribution in [0.25, 0.3) is 0 Å². The summed E-state index contributed by atoms with van der Waals surface area (Å²) in [6.07, 6.45) is 6.14. The van der Waals surface area contributed by atoms with Crippen LogP contribution in [0.15, 0.2) is 84.9 Å². The molecule has 0 unspecified atom stereocenters. The van der Waals surface area contributed by atoms with Gasteiger partial charge in [0.25, 0.3) is 0 Å². The van der Waals surface area contributed by atoms with Gasteiger partial charge in [-0.15, -0.1) is 0 Å². The van der Waals surface area contributed by atoms with Crippen LogP contribution < -0.4 is 20.9 Å². The molecule has 4 aliphatic carbocycles. The fourth-order valence-corrected chi connectivity index (χ4v) is 8.32. The highest BCUT2D eigenvalue weighted by atomic mass is 16.5. The standard InChI is InChI=1S/C34H34N2O4/c35-27-13-11-25(31(29(27)37)39-23-7-3-1-4-8-23)33-16-21-15-22(17-33)19-34(18-21,20-33)26-12-14-28(36)30(38)32(26)40-24-9-5-2-6-10-24/h1-14,21-22,37-38H,15-20,35-36H2. The highest BCUT2D eigenvalue weighted by Gasteiger charge is 2.60. The fraction of sp³-hybridized carbons (Fsp3) is 0.294. The van der Waals surface area contributed by atoms with Gasteiger partial charge in [0, 0.05) is 22.0 Å². The molecule has 4 saturated carbocycles. The monoisotopic (exact) mass is 534 g/mol. The van der Waals surface area contributed by atoms with Crippen molar-refractivity contribution in [3.05, 3.63) is 96.1 Å². The van der Waals surface area contributed by atoms with E-state index in [1.165, 1.54) is 6.42 Å². The summed E-state index contributed by atoms with van der Waals surface area (Å²) in [4.78, 5) is 0. The van der Waals surface area contributed by atoms with E-state index in [2.05, 4.69) is 12.1 Å². The summed E-state index contributed by atoms with van der Waals surface area (Å²) in [7, 11) is 0. The first-order chi connectivity index (χ1) is 19.4. The molecule has 40 heavy (non-hydrogen) atoms. The van der Waals surface area contributed by atoms with Crippen molar-refractivity contribution in [3.63, 3.8) is 0 Å². The van der Waals surface area contributed by atoms with Crippen LogP contribution >= 0.6 is 0 Å². The first-order valence-electron chi connectivity index (χ1n) is 14.1. The van der Waals surface area contributed by atoms with Crippen LogP contribution in [0, 0.1) is 11.8 Å². The molecule has 0 aliphatic heterocycles. The molecule has 0 aromatic heterocycles. The molecule has 4 aliphatic rings. The second-order valence-electron chi connectivity index (χ2n) is 12.1. The molecule has 0 saturated heterocycles. The van der Waals surface area contributed by atoms with Crippen LogP contribution in [0.5, 0.6) is 34.5 Å². The van der Waals surface area contributed by atoms with E-state index in [0.29, 0.717) is 46.2 Å². The van der Waals surface area contributed by atoms with Crippen LogP contribution in [0.1, 0.15) is 49.7 Å². The van der Waals surface area contributed by atoms with Crippen LogP contribution in [0.4, 0.5) is 11.4 Å². The second kappa shape index (κ2) is 9.12. The normalized spacial score (nSPS) is 26.5. The van der Waals surface area contributed by atoms with Crippen molar-refractivity contribution < 1.29 is 19.7 Å². The summed E-state index contributed by atoms with van der Waals surface area (Å²) in [5.74, 6) is 3.21. The van der Waals surface area contributed by atoms with Gasteiger partial charge in [0.15, 0.2) is 23.0 Å². The van der Waals surface area contributed by atoms with E-state index in [9.17, 15) is 10.2 Å². The maximum absolute atomic E-state index is 11.2. The van der Waals surface area contributed by atoms with Crippen LogP contribution in [0.3, 0.4) is 0 Å². The predicted molar refractivity (Wildman–Crippen MR) is 156 cm³/mol. The summed E-state index contributed by atoms with van der Waals surface area (Å²) >= 11 is 0. The largest absolute Gasteiger partial charge is 0.503 e. The first-order valence-corrected chi connectivity index (χ1v) is 14.1. The van der Waals surface area contributed by atoms with E-state index < -0.39 is 0 Å². The summed E-state index contributed by atoms with van der Waals surface area (Å²) in [5, 5.41) is 22.4. The van der Waals surface area contributed by atoms with E-state index >= 15 is 0 Å². The fourth-order valence-electron chi connectivity index (χ4n) is 8.32. The Hall–Kier alpha value is -4.32. The van der Waals surface area contributed by atoms with Crippen LogP contribution in [-0.4, -0.2) is 10.2 Å². The topological polar surface area (TPSA) is 111 Å². The molecule has 0 spiro atoms. The Kier molecular flexibility index (Phi) is 5.63. The Morgan fingerprint density at radius 3 is 1.38 bits per heavy atom. The van der Waals surface area contributed by atoms with Gasteiger partial charge in [-0.3, -0.25) is 0 Å². The average molecular weight is 535 g/mol. The molecule has 6 nitrogen and oxygen atoms in total. The van der Waals surface area contributed by atoms with Crippen molar-refractivity contribution in [2.24, 2.45) is 11.8 Å². The van der Waals surface area contributed by atoms with Crippen LogP contribution in [-0.2, 0) is 10.8 Å². The molecular weight excluding hydrogens is 500 g/mol. The number of para-hydroxylation sites is 2. The summed E-state index contributed by atoms with van der Waals surface area (Å²) < 4.78 is 12.8. The minimum Gasteiger partial charge on any atom is -0.503 e. The van der Waals surface area contributed by atoms with Gasteiger partial charge in [0.2, 0.25) is 0 Å².